The molecule has 52 valence electrons. The van der Waals surface area contributed by atoms with E-state index in [0.717, 1.165) is 18.0 Å². The first-order valence-electron chi connectivity index (χ1n) is 3.16. The normalized spacial score (nSPS) is 22.3. The Morgan fingerprint density at radius 1 is 1.50 bits per heavy atom. The van der Waals surface area contributed by atoms with Gasteiger partial charge in [-0.15, -0.1) is 0 Å². The van der Waals surface area contributed by atoms with E-state index in [2.05, 4.69) is 9.98 Å². The van der Waals surface area contributed by atoms with Gasteiger partial charge in [-0.1, -0.05) is 6.08 Å². The van der Waals surface area contributed by atoms with Crippen molar-refractivity contribution in [3.05, 3.63) is 12.3 Å². The number of hydrogen-bond acceptors (Lipinski definition) is 4. The quantitative estimate of drug-likeness (QED) is 0.472. The summed E-state index contributed by atoms with van der Waals surface area (Å²) in [5.74, 6) is 6.38. The number of aliphatic imine (C=N–C) groups is 2. The highest BCUT2D eigenvalue weighted by Gasteiger charge is 2.18. The number of nitrogens with two attached hydrogens (primary N) is 1. The van der Waals surface area contributed by atoms with Crippen LogP contribution in [0.25, 0.3) is 0 Å². The molecule has 2 aliphatic rings. The van der Waals surface area contributed by atoms with E-state index in [1.165, 1.54) is 5.01 Å². The van der Waals surface area contributed by atoms with Crippen molar-refractivity contribution in [1.29, 1.82) is 0 Å². The van der Waals surface area contributed by atoms with Gasteiger partial charge in [-0.2, -0.15) is 0 Å². The fourth-order valence-corrected chi connectivity index (χ4v) is 1.08. The summed E-state index contributed by atoms with van der Waals surface area (Å²) in [4.78, 5) is 8.25. The van der Waals surface area contributed by atoms with Crippen molar-refractivity contribution in [2.24, 2.45) is 15.8 Å². The molecule has 0 amide bonds. The smallest absolute Gasteiger partial charge is 0.165 e. The van der Waals surface area contributed by atoms with Crippen molar-refractivity contribution in [3.63, 3.8) is 0 Å². The van der Waals surface area contributed by atoms with Crippen molar-refractivity contribution in [2.45, 2.75) is 6.42 Å². The molecule has 0 atom stereocenters. The average molecular weight is 136 g/mol. The zero-order valence-electron chi connectivity index (χ0n) is 5.49. The maximum atomic E-state index is 5.55. The summed E-state index contributed by atoms with van der Waals surface area (Å²) in [5, 5.41) is 1.51. The van der Waals surface area contributed by atoms with Crippen LogP contribution < -0.4 is 5.84 Å². The van der Waals surface area contributed by atoms with Crippen LogP contribution in [-0.2, 0) is 0 Å². The highest BCUT2D eigenvalue weighted by Crippen LogP contribution is 2.08. The molecule has 2 N–H and O–H groups in total. The lowest BCUT2D eigenvalue weighted by Crippen LogP contribution is -2.38. The first kappa shape index (κ1) is 5.61. The minimum absolute atomic E-state index is 0.542. The first-order valence-corrected chi connectivity index (χ1v) is 3.16. The number of hydrazine groups is 1. The molecular weight excluding hydrogens is 128 g/mol. The van der Waals surface area contributed by atoms with Crippen LogP contribution in [0.5, 0.6) is 0 Å². The Morgan fingerprint density at radius 3 is 3.20 bits per heavy atom. The molecule has 0 unspecified atom stereocenters. The van der Waals surface area contributed by atoms with E-state index in [4.69, 9.17) is 5.84 Å². The van der Waals surface area contributed by atoms with Gasteiger partial charge in [0, 0.05) is 12.6 Å². The third-order valence-electron chi connectivity index (χ3n) is 1.56. The second-order valence-corrected chi connectivity index (χ2v) is 2.22. The summed E-state index contributed by atoms with van der Waals surface area (Å²) >= 11 is 0. The SMILES string of the molecule is NN1C=CCC2=NCN=C21. The zero-order chi connectivity index (χ0) is 6.97. The number of hydrogen-bond donors (Lipinski definition) is 1. The Labute approximate surface area is 58.7 Å². The summed E-state index contributed by atoms with van der Waals surface area (Å²) in [5.41, 5.74) is 1.00. The Balaban J connectivity index is 2.38. The van der Waals surface area contributed by atoms with Crippen LogP contribution in [0, 0.1) is 0 Å². The van der Waals surface area contributed by atoms with Gasteiger partial charge >= 0.3 is 0 Å². The number of fused-ring (bicyclic) bond motifs is 1. The predicted octanol–water partition coefficient (Wildman–Crippen LogP) is -0.110. The van der Waals surface area contributed by atoms with Crippen molar-refractivity contribution in [1.82, 2.24) is 5.01 Å². The molecular formula is C6H8N4. The second-order valence-electron chi connectivity index (χ2n) is 2.22. The van der Waals surface area contributed by atoms with Crippen molar-refractivity contribution in [2.75, 3.05) is 6.67 Å². The molecule has 0 aromatic carbocycles. The highest BCUT2D eigenvalue weighted by atomic mass is 15.4. The van der Waals surface area contributed by atoms with Gasteiger partial charge in [0.25, 0.3) is 0 Å². The van der Waals surface area contributed by atoms with E-state index >= 15 is 0 Å². The second kappa shape index (κ2) is 1.91. The Bertz CT molecular complexity index is 238. The van der Waals surface area contributed by atoms with E-state index in [9.17, 15) is 0 Å². The molecule has 0 saturated carbocycles. The zero-order valence-corrected chi connectivity index (χ0v) is 5.49. The standard InChI is InChI=1S/C6H8N4/c7-10-3-1-2-5-6(10)9-4-8-5/h1,3H,2,4,7H2. The number of amidine groups is 1. The maximum absolute atomic E-state index is 5.55. The van der Waals surface area contributed by atoms with E-state index in [-0.39, 0.29) is 0 Å². The van der Waals surface area contributed by atoms with Crippen molar-refractivity contribution < 1.29 is 0 Å². The van der Waals surface area contributed by atoms with Crippen molar-refractivity contribution >= 4 is 11.5 Å². The third kappa shape index (κ3) is 0.657. The van der Waals surface area contributed by atoms with Gasteiger partial charge in [0.1, 0.15) is 6.67 Å². The largest absolute Gasteiger partial charge is 0.269 e. The van der Waals surface area contributed by atoms with Crippen LogP contribution in [0.4, 0.5) is 0 Å². The third-order valence-corrected chi connectivity index (χ3v) is 1.56. The van der Waals surface area contributed by atoms with E-state index in [1.807, 2.05) is 12.3 Å². The van der Waals surface area contributed by atoms with Gasteiger partial charge < -0.3 is 0 Å². The lowest BCUT2D eigenvalue weighted by molar-refractivity contribution is 0.597. The van der Waals surface area contributed by atoms with Gasteiger partial charge in [0.2, 0.25) is 0 Å². The molecule has 0 aliphatic carbocycles. The average Bonchev–Trinajstić information content (AvgIpc) is 2.36. The maximum Gasteiger partial charge on any atom is 0.165 e. The molecule has 2 aliphatic heterocycles. The molecule has 0 radical (unpaired) electrons. The summed E-state index contributed by atoms with van der Waals surface area (Å²) < 4.78 is 0. The molecule has 4 nitrogen and oxygen atoms in total. The van der Waals surface area contributed by atoms with Crippen LogP contribution in [0.3, 0.4) is 0 Å². The summed E-state index contributed by atoms with van der Waals surface area (Å²) in [6.45, 7) is 0.542. The highest BCUT2D eigenvalue weighted by molar-refractivity contribution is 6.43. The van der Waals surface area contributed by atoms with Gasteiger partial charge in [-0.3, -0.25) is 10.0 Å². The molecule has 0 bridgehead atoms. The van der Waals surface area contributed by atoms with Gasteiger partial charge in [0.05, 0.1) is 5.71 Å². The lowest BCUT2D eigenvalue weighted by atomic mass is 10.2. The van der Waals surface area contributed by atoms with Crippen LogP contribution in [0.1, 0.15) is 6.42 Å². The van der Waals surface area contributed by atoms with Crippen LogP contribution in [-0.4, -0.2) is 23.2 Å². The molecule has 0 saturated heterocycles. The van der Waals surface area contributed by atoms with E-state index < -0.39 is 0 Å². The molecule has 0 spiro atoms. The van der Waals surface area contributed by atoms with Crippen LogP contribution in [0.15, 0.2) is 22.3 Å². The number of allylic oxidation sites excluding steroid dienone is 1. The van der Waals surface area contributed by atoms with Gasteiger partial charge in [-0.25, -0.2) is 10.8 Å². The molecule has 4 heteroatoms. The Morgan fingerprint density at radius 2 is 2.40 bits per heavy atom. The molecule has 2 heterocycles. The molecule has 0 aromatic heterocycles. The monoisotopic (exact) mass is 136 g/mol. The lowest BCUT2D eigenvalue weighted by Gasteiger charge is -2.17. The minimum Gasteiger partial charge on any atom is -0.269 e. The molecule has 2 rings (SSSR count). The van der Waals surface area contributed by atoms with Crippen molar-refractivity contribution in [3.8, 4) is 0 Å². The van der Waals surface area contributed by atoms with Crippen LogP contribution >= 0.6 is 0 Å². The summed E-state index contributed by atoms with van der Waals surface area (Å²) in [7, 11) is 0. The van der Waals surface area contributed by atoms with E-state index in [1.54, 1.807) is 0 Å². The predicted molar refractivity (Wildman–Crippen MR) is 39.5 cm³/mol. The fraction of sp³-hybridized carbons (Fsp3) is 0.333. The number of nitrogens with zero attached hydrogens (tertiary/aromatic N) is 3. The Kier molecular flexibility index (Phi) is 1.07. The minimum atomic E-state index is 0.542. The summed E-state index contributed by atoms with van der Waals surface area (Å²) in [6, 6.07) is 0. The van der Waals surface area contributed by atoms with Gasteiger partial charge in [-0.05, 0) is 0 Å². The van der Waals surface area contributed by atoms with Gasteiger partial charge in [0.15, 0.2) is 5.84 Å². The Hall–Kier alpha value is -1.16. The summed E-state index contributed by atoms with van der Waals surface area (Å²) in [6.07, 6.45) is 4.65. The fourth-order valence-electron chi connectivity index (χ4n) is 1.08. The van der Waals surface area contributed by atoms with E-state index in [0.29, 0.717) is 6.67 Å². The first-order chi connectivity index (χ1) is 4.88. The molecule has 0 aromatic rings. The molecule has 10 heavy (non-hydrogen) atoms. The number of rotatable bonds is 0. The topological polar surface area (TPSA) is 54.0 Å². The van der Waals surface area contributed by atoms with Crippen LogP contribution in [0.2, 0.25) is 0 Å². The molecule has 0 fully saturated rings.